The molecular formula is C20H20F3N3O2S. The zero-order valence-corrected chi connectivity index (χ0v) is 16.3. The predicted molar refractivity (Wildman–Crippen MR) is 105 cm³/mol. The van der Waals surface area contributed by atoms with E-state index in [2.05, 4.69) is 5.32 Å². The van der Waals surface area contributed by atoms with E-state index < -0.39 is 30.5 Å². The minimum atomic E-state index is -4.72. The molecular weight excluding hydrogens is 403 g/mol. The summed E-state index contributed by atoms with van der Waals surface area (Å²) < 4.78 is 41.5. The number of nitrogens with zero attached hydrogens (tertiary/aromatic N) is 2. The van der Waals surface area contributed by atoms with Crippen LogP contribution in [0.3, 0.4) is 0 Å². The lowest BCUT2D eigenvalue weighted by atomic mass is 10.1. The molecule has 1 aromatic carbocycles. The number of para-hydroxylation sites is 2. The van der Waals surface area contributed by atoms with Crippen molar-refractivity contribution in [3.8, 4) is 0 Å². The number of halogens is 3. The number of thiophene rings is 1. The van der Waals surface area contributed by atoms with Crippen molar-refractivity contribution in [3.63, 3.8) is 0 Å². The number of amides is 2. The Hall–Kier alpha value is -2.39. The summed E-state index contributed by atoms with van der Waals surface area (Å²) >= 11 is 1.54. The molecule has 1 atom stereocenters. The fourth-order valence-electron chi connectivity index (χ4n) is 3.62. The molecule has 2 amide bonds. The lowest BCUT2D eigenvalue weighted by Gasteiger charge is -2.33. The van der Waals surface area contributed by atoms with Crippen LogP contribution in [0.15, 0.2) is 41.1 Å². The van der Waals surface area contributed by atoms with Gasteiger partial charge in [0.15, 0.2) is 0 Å². The van der Waals surface area contributed by atoms with E-state index >= 15 is 0 Å². The second kappa shape index (κ2) is 7.79. The summed E-state index contributed by atoms with van der Waals surface area (Å²) in [6.45, 7) is 0.388. The number of alkyl halides is 3. The molecule has 5 nitrogen and oxygen atoms in total. The van der Waals surface area contributed by atoms with Gasteiger partial charge in [0.25, 0.3) is 0 Å². The SMILES string of the molecule is O=C1CC(C(F)(F)F)N(C(=O)CN(Cc2ccsc2)C2CC2)c2ccccc2N1. The molecule has 154 valence electrons. The number of hydrogen-bond acceptors (Lipinski definition) is 4. The Bertz CT molecular complexity index is 897. The fourth-order valence-corrected chi connectivity index (χ4v) is 4.28. The van der Waals surface area contributed by atoms with E-state index in [1.807, 2.05) is 21.7 Å². The third-order valence-electron chi connectivity index (χ3n) is 5.14. The van der Waals surface area contributed by atoms with Crippen LogP contribution < -0.4 is 10.2 Å². The minimum Gasteiger partial charge on any atom is -0.324 e. The van der Waals surface area contributed by atoms with Crippen LogP contribution in [0.2, 0.25) is 0 Å². The second-order valence-electron chi connectivity index (χ2n) is 7.36. The third-order valence-corrected chi connectivity index (χ3v) is 5.87. The molecule has 0 radical (unpaired) electrons. The topological polar surface area (TPSA) is 52.7 Å². The number of nitrogens with one attached hydrogen (secondary N) is 1. The third kappa shape index (κ3) is 4.45. The molecule has 0 saturated heterocycles. The molecule has 9 heteroatoms. The highest BCUT2D eigenvalue weighted by Crippen LogP contribution is 2.38. The average molecular weight is 423 g/mol. The standard InChI is InChI=1S/C20H20F3N3O2S/c21-20(22,23)17-9-18(27)24-15-3-1-2-4-16(15)26(17)19(28)11-25(14-5-6-14)10-13-7-8-29-12-13/h1-4,7-8,12,14,17H,5-6,9-11H2,(H,24,27). The van der Waals surface area contributed by atoms with Crippen LogP contribution in [0.4, 0.5) is 24.5 Å². The number of hydrogen-bond donors (Lipinski definition) is 1. The van der Waals surface area contributed by atoms with Crippen molar-refractivity contribution in [2.75, 3.05) is 16.8 Å². The summed E-state index contributed by atoms with van der Waals surface area (Å²) in [5, 5.41) is 6.40. The normalized spacial score (nSPS) is 19.7. The molecule has 1 aromatic heterocycles. The molecule has 2 heterocycles. The van der Waals surface area contributed by atoms with E-state index in [9.17, 15) is 22.8 Å². The molecule has 1 aliphatic heterocycles. The van der Waals surface area contributed by atoms with Crippen molar-refractivity contribution in [1.29, 1.82) is 0 Å². The monoisotopic (exact) mass is 423 g/mol. The smallest absolute Gasteiger partial charge is 0.324 e. The first kappa shape index (κ1) is 19.9. The van der Waals surface area contributed by atoms with Gasteiger partial charge in [0.2, 0.25) is 11.8 Å². The highest BCUT2D eigenvalue weighted by atomic mass is 32.1. The van der Waals surface area contributed by atoms with Gasteiger partial charge in [-0.1, -0.05) is 12.1 Å². The van der Waals surface area contributed by atoms with Crippen LogP contribution in [0.5, 0.6) is 0 Å². The van der Waals surface area contributed by atoms with Gasteiger partial charge in [-0.2, -0.15) is 24.5 Å². The van der Waals surface area contributed by atoms with Crippen molar-refractivity contribution < 1.29 is 22.8 Å². The maximum Gasteiger partial charge on any atom is 0.409 e. The fraction of sp³-hybridized carbons (Fsp3) is 0.400. The van der Waals surface area contributed by atoms with Crippen LogP contribution in [0.25, 0.3) is 0 Å². The highest BCUT2D eigenvalue weighted by molar-refractivity contribution is 7.07. The predicted octanol–water partition coefficient (Wildman–Crippen LogP) is 4.02. The zero-order valence-electron chi connectivity index (χ0n) is 15.5. The number of fused-ring (bicyclic) bond motifs is 1. The minimum absolute atomic E-state index is 0.0805. The van der Waals surface area contributed by atoms with Gasteiger partial charge in [-0.25, -0.2) is 0 Å². The lowest BCUT2D eigenvalue weighted by molar-refractivity contribution is -0.158. The van der Waals surface area contributed by atoms with Gasteiger partial charge < -0.3 is 5.32 Å². The van der Waals surface area contributed by atoms with E-state index in [0.29, 0.717) is 6.54 Å². The maximum absolute atomic E-state index is 13.8. The number of carbonyl (C=O) groups is 2. The van der Waals surface area contributed by atoms with Crippen molar-refractivity contribution >= 4 is 34.5 Å². The lowest BCUT2D eigenvalue weighted by Crippen LogP contribution is -2.52. The summed E-state index contributed by atoms with van der Waals surface area (Å²) in [7, 11) is 0. The van der Waals surface area contributed by atoms with Gasteiger partial charge in [0.1, 0.15) is 6.04 Å². The Labute approximate surface area is 170 Å². The van der Waals surface area contributed by atoms with Crippen molar-refractivity contribution in [2.45, 2.75) is 44.1 Å². The van der Waals surface area contributed by atoms with E-state index in [1.54, 1.807) is 23.5 Å². The van der Waals surface area contributed by atoms with Crippen LogP contribution in [-0.2, 0) is 16.1 Å². The van der Waals surface area contributed by atoms with E-state index in [1.165, 1.54) is 12.1 Å². The van der Waals surface area contributed by atoms with Crippen molar-refractivity contribution in [1.82, 2.24) is 4.90 Å². The van der Waals surface area contributed by atoms with Crippen LogP contribution in [0.1, 0.15) is 24.8 Å². The van der Waals surface area contributed by atoms with Crippen molar-refractivity contribution in [3.05, 3.63) is 46.7 Å². The first-order valence-corrected chi connectivity index (χ1v) is 10.3. The molecule has 1 saturated carbocycles. The van der Waals surface area contributed by atoms with Gasteiger partial charge in [-0.3, -0.25) is 19.4 Å². The highest BCUT2D eigenvalue weighted by Gasteiger charge is 2.49. The van der Waals surface area contributed by atoms with E-state index in [-0.39, 0.29) is 24.0 Å². The van der Waals surface area contributed by atoms with E-state index in [0.717, 1.165) is 23.3 Å². The van der Waals surface area contributed by atoms with Gasteiger partial charge in [-0.05, 0) is 47.4 Å². The molecule has 0 bridgehead atoms. The Kier molecular flexibility index (Phi) is 5.35. The molecule has 2 aromatic rings. The van der Waals surface area contributed by atoms with Crippen LogP contribution >= 0.6 is 11.3 Å². The first-order chi connectivity index (χ1) is 13.8. The quantitative estimate of drug-likeness (QED) is 0.791. The largest absolute Gasteiger partial charge is 0.409 e. The Morgan fingerprint density at radius 1 is 1.24 bits per heavy atom. The Morgan fingerprint density at radius 3 is 2.66 bits per heavy atom. The molecule has 1 aliphatic carbocycles. The van der Waals surface area contributed by atoms with Gasteiger partial charge >= 0.3 is 6.18 Å². The molecule has 0 spiro atoms. The second-order valence-corrected chi connectivity index (χ2v) is 8.14. The maximum atomic E-state index is 13.8. The first-order valence-electron chi connectivity index (χ1n) is 9.35. The molecule has 1 N–H and O–H groups in total. The van der Waals surface area contributed by atoms with Gasteiger partial charge in [0, 0.05) is 12.6 Å². The van der Waals surface area contributed by atoms with Crippen LogP contribution in [-0.4, -0.2) is 41.5 Å². The summed E-state index contributed by atoms with van der Waals surface area (Å²) in [5.74, 6) is -1.41. The van der Waals surface area contributed by atoms with Gasteiger partial charge in [-0.15, -0.1) is 0 Å². The number of benzene rings is 1. The molecule has 4 rings (SSSR count). The number of rotatable bonds is 5. The summed E-state index contributed by atoms with van der Waals surface area (Å²) in [6, 6.07) is 6.09. The number of anilines is 2. The zero-order chi connectivity index (χ0) is 20.6. The Morgan fingerprint density at radius 2 is 2.00 bits per heavy atom. The molecule has 29 heavy (non-hydrogen) atoms. The van der Waals surface area contributed by atoms with Crippen LogP contribution in [0, 0.1) is 0 Å². The Balaban J connectivity index is 1.65. The number of carbonyl (C=O) groups excluding carboxylic acids is 2. The average Bonchev–Trinajstić information content (AvgIpc) is 3.40. The molecule has 2 aliphatic rings. The molecule has 1 fully saturated rings. The van der Waals surface area contributed by atoms with Gasteiger partial charge in [0.05, 0.1) is 24.3 Å². The summed E-state index contributed by atoms with van der Waals surface area (Å²) in [5.41, 5.74) is 1.33. The van der Waals surface area contributed by atoms with E-state index in [4.69, 9.17) is 0 Å². The van der Waals surface area contributed by atoms with Crippen molar-refractivity contribution in [2.24, 2.45) is 0 Å². The summed E-state index contributed by atoms with van der Waals surface area (Å²) in [6.07, 6.45) is -3.69. The summed E-state index contributed by atoms with van der Waals surface area (Å²) in [4.78, 5) is 28.0. The molecule has 1 unspecified atom stereocenters.